The molecule has 2 heteroatoms. The van der Waals surface area contributed by atoms with Crippen LogP contribution in [0.25, 0.3) is 0 Å². The van der Waals surface area contributed by atoms with Crippen molar-refractivity contribution in [2.45, 2.75) is 33.1 Å². The predicted molar refractivity (Wildman–Crippen MR) is 42.8 cm³/mol. The molecular weight excluding hydrogens is 140 g/mol. The van der Waals surface area contributed by atoms with E-state index in [0.29, 0.717) is 0 Å². The van der Waals surface area contributed by atoms with Crippen LogP contribution in [0.5, 0.6) is 0 Å². The Balaban J connectivity index is 3.36. The van der Waals surface area contributed by atoms with Gasteiger partial charge in [-0.25, -0.2) is 0 Å². The fourth-order valence-electron chi connectivity index (χ4n) is 0.934. The highest BCUT2D eigenvalue weighted by Crippen LogP contribution is 2.09. The molecular formula is C9H15O2-. The number of allylic oxidation sites excluding steroid dienone is 2. The smallest absolute Gasteiger partial charge is 0.0416 e. The van der Waals surface area contributed by atoms with Crippen molar-refractivity contribution in [3.05, 3.63) is 12.2 Å². The number of rotatable bonds is 5. The molecule has 1 unspecified atom stereocenters. The number of hydrogen-bond donors (Lipinski definition) is 0. The van der Waals surface area contributed by atoms with Crippen molar-refractivity contribution in [3.8, 4) is 0 Å². The first-order valence-electron chi connectivity index (χ1n) is 3.97. The lowest BCUT2D eigenvalue weighted by Crippen LogP contribution is -2.24. The van der Waals surface area contributed by atoms with Crippen LogP contribution in [0.2, 0.25) is 0 Å². The molecule has 0 radical (unpaired) electrons. The fourth-order valence-corrected chi connectivity index (χ4v) is 0.934. The first-order chi connectivity index (χ1) is 5.16. The van der Waals surface area contributed by atoms with Crippen molar-refractivity contribution < 1.29 is 9.90 Å². The number of carbonyl (C=O) groups excluding carboxylic acids is 1. The molecule has 2 nitrogen and oxygen atoms in total. The lowest BCUT2D eigenvalue weighted by molar-refractivity contribution is -0.306. The van der Waals surface area contributed by atoms with E-state index < -0.39 is 5.97 Å². The van der Waals surface area contributed by atoms with Crippen LogP contribution >= 0.6 is 0 Å². The Hall–Kier alpha value is -0.790. The monoisotopic (exact) mass is 155 g/mol. The number of carbonyl (C=O) groups is 1. The van der Waals surface area contributed by atoms with Gasteiger partial charge in [0, 0.05) is 5.97 Å². The summed E-state index contributed by atoms with van der Waals surface area (Å²) in [7, 11) is 0. The molecule has 1 atom stereocenters. The molecule has 0 rings (SSSR count). The van der Waals surface area contributed by atoms with Crippen LogP contribution in [0.1, 0.15) is 33.1 Å². The Morgan fingerprint density at radius 3 is 2.73 bits per heavy atom. The highest BCUT2D eigenvalue weighted by Gasteiger charge is 1.99. The van der Waals surface area contributed by atoms with Crippen molar-refractivity contribution in [2.24, 2.45) is 5.92 Å². The van der Waals surface area contributed by atoms with E-state index in [1.165, 1.54) is 0 Å². The maximum absolute atomic E-state index is 10.1. The van der Waals surface area contributed by atoms with Crippen LogP contribution in [0.3, 0.4) is 0 Å². The Labute approximate surface area is 67.9 Å². The third-order valence-corrected chi connectivity index (χ3v) is 1.58. The van der Waals surface area contributed by atoms with Crippen LogP contribution in [-0.4, -0.2) is 5.97 Å². The standard InChI is InChI=1S/C9H16O2/c1-3-4-5-6-8(2)7-9(10)11/h3-4,8H,5-7H2,1-2H3,(H,10,11)/p-1/b4-3+. The number of carboxylic acids is 1. The van der Waals surface area contributed by atoms with Gasteiger partial charge in [0.05, 0.1) is 0 Å². The first-order valence-corrected chi connectivity index (χ1v) is 3.97. The molecule has 0 saturated heterocycles. The van der Waals surface area contributed by atoms with Crippen LogP contribution in [-0.2, 0) is 4.79 Å². The van der Waals surface area contributed by atoms with Gasteiger partial charge < -0.3 is 9.90 Å². The Morgan fingerprint density at radius 1 is 1.64 bits per heavy atom. The first kappa shape index (κ1) is 10.2. The summed E-state index contributed by atoms with van der Waals surface area (Å²) in [6.07, 6.45) is 6.10. The molecule has 0 aliphatic rings. The van der Waals surface area contributed by atoms with Crippen molar-refractivity contribution in [3.63, 3.8) is 0 Å². The third-order valence-electron chi connectivity index (χ3n) is 1.58. The summed E-state index contributed by atoms with van der Waals surface area (Å²) >= 11 is 0. The zero-order valence-electron chi connectivity index (χ0n) is 7.17. The minimum absolute atomic E-state index is 0.178. The van der Waals surface area contributed by atoms with Gasteiger partial charge in [-0.05, 0) is 32.1 Å². The Bertz CT molecular complexity index is 138. The van der Waals surface area contributed by atoms with Gasteiger partial charge in [-0.1, -0.05) is 19.1 Å². The lowest BCUT2D eigenvalue weighted by atomic mass is 10.0. The van der Waals surface area contributed by atoms with E-state index in [1.54, 1.807) is 0 Å². The van der Waals surface area contributed by atoms with Crippen LogP contribution in [0.15, 0.2) is 12.2 Å². The van der Waals surface area contributed by atoms with E-state index in [9.17, 15) is 9.90 Å². The minimum Gasteiger partial charge on any atom is -0.550 e. The van der Waals surface area contributed by atoms with Gasteiger partial charge in [0.2, 0.25) is 0 Å². The lowest BCUT2D eigenvalue weighted by Gasteiger charge is -2.09. The maximum atomic E-state index is 10.1. The highest BCUT2D eigenvalue weighted by atomic mass is 16.4. The van der Waals surface area contributed by atoms with Gasteiger partial charge in [-0.15, -0.1) is 0 Å². The van der Waals surface area contributed by atoms with E-state index >= 15 is 0 Å². The van der Waals surface area contributed by atoms with E-state index in [1.807, 2.05) is 26.0 Å². The molecule has 0 amide bonds. The number of carboxylic acid groups (broad SMARTS) is 1. The van der Waals surface area contributed by atoms with Gasteiger partial charge in [0.25, 0.3) is 0 Å². The molecule has 0 heterocycles. The third kappa shape index (κ3) is 7.10. The van der Waals surface area contributed by atoms with E-state index in [4.69, 9.17) is 0 Å². The van der Waals surface area contributed by atoms with Crippen LogP contribution in [0, 0.1) is 5.92 Å². The SMILES string of the molecule is C/C=C/CCC(C)CC(=O)[O-]. The quantitative estimate of drug-likeness (QED) is 0.558. The molecule has 64 valence electrons. The molecule has 0 aromatic carbocycles. The molecule has 0 aromatic heterocycles. The second kappa shape index (κ2) is 5.96. The molecule has 0 N–H and O–H groups in total. The largest absolute Gasteiger partial charge is 0.550 e. The van der Waals surface area contributed by atoms with Crippen LogP contribution in [0.4, 0.5) is 0 Å². The summed E-state index contributed by atoms with van der Waals surface area (Å²) in [4.78, 5) is 10.1. The normalized spacial score (nSPS) is 13.6. The highest BCUT2D eigenvalue weighted by molar-refractivity contribution is 5.64. The van der Waals surface area contributed by atoms with Crippen molar-refractivity contribution in [2.75, 3.05) is 0 Å². The molecule has 0 aromatic rings. The van der Waals surface area contributed by atoms with E-state index in [2.05, 4.69) is 0 Å². The predicted octanol–water partition coefficient (Wildman–Crippen LogP) is 1.12. The average Bonchev–Trinajstić information content (AvgIpc) is 1.86. The zero-order valence-corrected chi connectivity index (χ0v) is 7.17. The molecule has 0 saturated carbocycles. The molecule has 11 heavy (non-hydrogen) atoms. The van der Waals surface area contributed by atoms with Gasteiger partial charge in [0.1, 0.15) is 0 Å². The van der Waals surface area contributed by atoms with Gasteiger partial charge in [-0.3, -0.25) is 0 Å². The van der Waals surface area contributed by atoms with Gasteiger partial charge >= 0.3 is 0 Å². The maximum Gasteiger partial charge on any atom is 0.0416 e. The zero-order chi connectivity index (χ0) is 8.69. The minimum atomic E-state index is -0.946. The van der Waals surface area contributed by atoms with Crippen molar-refractivity contribution >= 4 is 5.97 Å². The van der Waals surface area contributed by atoms with Gasteiger partial charge in [-0.2, -0.15) is 0 Å². The summed E-state index contributed by atoms with van der Waals surface area (Å²) in [6.45, 7) is 3.89. The Kier molecular flexibility index (Phi) is 5.53. The summed E-state index contributed by atoms with van der Waals surface area (Å²) in [6, 6.07) is 0. The van der Waals surface area contributed by atoms with Gasteiger partial charge in [0.15, 0.2) is 0 Å². The topological polar surface area (TPSA) is 40.1 Å². The summed E-state index contributed by atoms with van der Waals surface area (Å²) in [5, 5.41) is 10.1. The van der Waals surface area contributed by atoms with E-state index in [-0.39, 0.29) is 12.3 Å². The second-order valence-electron chi connectivity index (χ2n) is 2.83. The summed E-state index contributed by atoms with van der Waals surface area (Å²) in [5.74, 6) is -0.714. The molecule has 0 fully saturated rings. The second-order valence-corrected chi connectivity index (χ2v) is 2.83. The van der Waals surface area contributed by atoms with Crippen molar-refractivity contribution in [1.29, 1.82) is 0 Å². The summed E-state index contributed by atoms with van der Waals surface area (Å²) in [5.41, 5.74) is 0. The molecule has 0 aliphatic heterocycles. The van der Waals surface area contributed by atoms with Crippen molar-refractivity contribution in [1.82, 2.24) is 0 Å². The van der Waals surface area contributed by atoms with Crippen LogP contribution < -0.4 is 5.11 Å². The summed E-state index contributed by atoms with van der Waals surface area (Å²) < 4.78 is 0. The number of hydrogen-bond acceptors (Lipinski definition) is 2. The molecule has 0 spiro atoms. The average molecular weight is 155 g/mol. The molecule has 0 bridgehead atoms. The number of aliphatic carboxylic acids is 1. The Morgan fingerprint density at radius 2 is 2.27 bits per heavy atom. The molecule has 0 aliphatic carbocycles. The fraction of sp³-hybridized carbons (Fsp3) is 0.667. The van der Waals surface area contributed by atoms with E-state index in [0.717, 1.165) is 12.8 Å².